The van der Waals surface area contributed by atoms with Crippen LogP contribution < -0.4 is 0 Å². The molecule has 0 aliphatic carbocycles. The quantitative estimate of drug-likeness (QED) is 0.336. The third kappa shape index (κ3) is 4.89. The van der Waals surface area contributed by atoms with Crippen LogP contribution in [0.5, 0.6) is 0 Å². The number of hydrogen-bond acceptors (Lipinski definition) is 6. The minimum Gasteiger partial charge on any atom is -0.478 e. The van der Waals surface area contributed by atoms with Gasteiger partial charge in [0.05, 0.1) is 39.4 Å². The summed E-state index contributed by atoms with van der Waals surface area (Å²) < 4.78 is 62.3. The van der Waals surface area contributed by atoms with Gasteiger partial charge in [-0.1, -0.05) is 17.7 Å². The van der Waals surface area contributed by atoms with Crippen molar-refractivity contribution in [2.24, 2.45) is 0 Å². The molecule has 206 valence electrons. The average molecular weight is 577 g/mol. The van der Waals surface area contributed by atoms with Gasteiger partial charge < -0.3 is 14.7 Å². The second kappa shape index (κ2) is 10.3. The van der Waals surface area contributed by atoms with E-state index in [4.69, 9.17) is 21.4 Å². The summed E-state index contributed by atoms with van der Waals surface area (Å²) >= 11 is 6.04. The fourth-order valence-corrected chi connectivity index (χ4v) is 4.57. The average Bonchev–Trinajstić information content (AvgIpc) is 3.30. The van der Waals surface area contributed by atoms with Gasteiger partial charge in [0.25, 0.3) is 11.8 Å². The van der Waals surface area contributed by atoms with Crippen LogP contribution in [0.1, 0.15) is 43.1 Å². The van der Waals surface area contributed by atoms with E-state index in [0.29, 0.717) is 30.3 Å². The minimum atomic E-state index is -4.95. The van der Waals surface area contributed by atoms with Gasteiger partial charge >= 0.3 is 12.1 Å². The molecule has 4 aromatic rings. The van der Waals surface area contributed by atoms with E-state index in [-0.39, 0.29) is 40.1 Å². The van der Waals surface area contributed by atoms with Crippen molar-refractivity contribution in [3.8, 4) is 11.3 Å². The van der Waals surface area contributed by atoms with Gasteiger partial charge in [0.1, 0.15) is 23.8 Å². The van der Waals surface area contributed by atoms with E-state index in [2.05, 4.69) is 10.1 Å². The summed E-state index contributed by atoms with van der Waals surface area (Å²) in [6.45, 7) is 0.864. The smallest absolute Gasteiger partial charge is 0.417 e. The number of carbonyl (C=O) groups is 3. The minimum absolute atomic E-state index is 0.00994. The van der Waals surface area contributed by atoms with Crippen LogP contribution in [-0.2, 0) is 10.9 Å². The summed E-state index contributed by atoms with van der Waals surface area (Å²) in [6, 6.07) is 6.95. The van der Waals surface area contributed by atoms with Crippen molar-refractivity contribution in [2.75, 3.05) is 19.9 Å². The Morgan fingerprint density at radius 2 is 1.82 bits per heavy atom. The van der Waals surface area contributed by atoms with Crippen molar-refractivity contribution in [1.29, 1.82) is 0 Å². The lowest BCUT2D eigenvalue weighted by atomic mass is 10.1. The zero-order valence-electron chi connectivity index (χ0n) is 20.2. The zero-order valence-corrected chi connectivity index (χ0v) is 21.0. The van der Waals surface area contributed by atoms with Crippen LogP contribution in [0.25, 0.3) is 22.3 Å². The number of alkyl halides is 3. The van der Waals surface area contributed by atoms with Gasteiger partial charge in [-0.15, -0.1) is 0 Å². The Kier molecular flexibility index (Phi) is 7.02. The molecule has 5 rings (SSSR count). The molecular formula is C26H17ClF4N4O5. The Morgan fingerprint density at radius 1 is 1.05 bits per heavy atom. The second-order valence-electron chi connectivity index (χ2n) is 8.78. The summed E-state index contributed by atoms with van der Waals surface area (Å²) in [4.78, 5) is 43.5. The Labute approximate surface area is 227 Å². The van der Waals surface area contributed by atoms with E-state index in [1.54, 1.807) is 0 Å². The molecule has 1 fully saturated rings. The van der Waals surface area contributed by atoms with Gasteiger partial charge in [-0.3, -0.25) is 14.6 Å². The molecule has 2 aromatic heterocycles. The maximum atomic E-state index is 15.0. The van der Waals surface area contributed by atoms with E-state index in [9.17, 15) is 27.6 Å². The number of hydrogen-bond donors (Lipinski definition) is 1. The summed E-state index contributed by atoms with van der Waals surface area (Å²) in [5.41, 5.74) is -3.47. The van der Waals surface area contributed by atoms with Crippen LogP contribution in [0.2, 0.25) is 5.02 Å². The summed E-state index contributed by atoms with van der Waals surface area (Å²) in [5.74, 6) is -4.23. The first-order valence-electron chi connectivity index (χ1n) is 11.7. The molecular weight excluding hydrogens is 560 g/mol. The Morgan fingerprint density at radius 3 is 2.48 bits per heavy atom. The highest BCUT2D eigenvalue weighted by molar-refractivity contribution is 6.34. The van der Waals surface area contributed by atoms with E-state index in [1.807, 2.05) is 0 Å². The van der Waals surface area contributed by atoms with Crippen molar-refractivity contribution >= 4 is 40.4 Å². The van der Waals surface area contributed by atoms with Gasteiger partial charge in [0.15, 0.2) is 0 Å². The molecule has 1 aliphatic rings. The van der Waals surface area contributed by atoms with Gasteiger partial charge in [0, 0.05) is 18.3 Å². The van der Waals surface area contributed by atoms with Crippen molar-refractivity contribution in [1.82, 2.24) is 19.7 Å². The standard InChI is InChI=1S/C26H17ClF4N4O5/c27-17-4-1-3-16(26(29,30)31)20(17)24(37)35-19-10-14(23(36)34-7-2-8-40-12-34)11-32-22(19)21(33-35)15-6-5-13(25(38)39)9-18(15)28/h1,3-6,9-11H,2,7-8,12H2,(H,38,39). The number of carboxylic acids is 1. The monoisotopic (exact) mass is 576 g/mol. The third-order valence-electron chi connectivity index (χ3n) is 6.21. The van der Waals surface area contributed by atoms with E-state index in [0.717, 1.165) is 30.3 Å². The first-order valence-corrected chi connectivity index (χ1v) is 12.0. The van der Waals surface area contributed by atoms with Gasteiger partial charge in [-0.05, 0) is 42.8 Å². The molecule has 9 nitrogen and oxygen atoms in total. The summed E-state index contributed by atoms with van der Waals surface area (Å²) in [7, 11) is 0. The van der Waals surface area contributed by atoms with Gasteiger partial charge in [-0.2, -0.15) is 23.0 Å². The highest BCUT2D eigenvalue weighted by atomic mass is 35.5. The van der Waals surface area contributed by atoms with E-state index in [1.165, 1.54) is 17.2 Å². The van der Waals surface area contributed by atoms with Crippen molar-refractivity contribution in [3.05, 3.63) is 81.8 Å². The number of carbonyl (C=O) groups excluding carboxylic acids is 2. The largest absolute Gasteiger partial charge is 0.478 e. The zero-order chi connectivity index (χ0) is 28.8. The highest BCUT2D eigenvalue weighted by Gasteiger charge is 2.37. The molecule has 0 saturated carbocycles. The molecule has 40 heavy (non-hydrogen) atoms. The first kappa shape index (κ1) is 27.2. The van der Waals surface area contributed by atoms with Crippen LogP contribution in [-0.4, -0.2) is 62.4 Å². The lowest BCUT2D eigenvalue weighted by molar-refractivity contribution is -0.137. The normalized spacial score (nSPS) is 14.0. The molecule has 0 unspecified atom stereocenters. The molecule has 1 saturated heterocycles. The Bertz CT molecular complexity index is 1680. The van der Waals surface area contributed by atoms with Gasteiger partial charge in [0.2, 0.25) is 0 Å². The Balaban J connectivity index is 1.73. The number of benzene rings is 2. The predicted octanol–water partition coefficient (Wildman–Crippen LogP) is 5.12. The molecule has 0 bridgehead atoms. The van der Waals surface area contributed by atoms with Crippen LogP contribution in [0, 0.1) is 5.82 Å². The molecule has 1 N–H and O–H groups in total. The number of nitrogens with zero attached hydrogens (tertiary/aromatic N) is 4. The molecule has 3 heterocycles. The summed E-state index contributed by atoms with van der Waals surface area (Å²) in [6.07, 6.45) is -3.20. The molecule has 0 radical (unpaired) electrons. The van der Waals surface area contributed by atoms with E-state index >= 15 is 4.39 Å². The van der Waals surface area contributed by atoms with Crippen molar-refractivity contribution in [3.63, 3.8) is 0 Å². The van der Waals surface area contributed by atoms with Crippen molar-refractivity contribution < 1.29 is 41.8 Å². The topological polar surface area (TPSA) is 115 Å². The van der Waals surface area contributed by atoms with Gasteiger partial charge in [-0.25, -0.2) is 9.18 Å². The number of aromatic nitrogens is 3. The number of fused-ring (bicyclic) bond motifs is 1. The number of pyridine rings is 1. The number of halogens is 5. The van der Waals surface area contributed by atoms with Crippen LogP contribution >= 0.6 is 11.6 Å². The van der Waals surface area contributed by atoms with Crippen LogP contribution in [0.3, 0.4) is 0 Å². The Hall–Kier alpha value is -4.36. The number of rotatable bonds is 4. The maximum absolute atomic E-state index is 15.0. The first-order chi connectivity index (χ1) is 19.0. The SMILES string of the molecule is O=C(O)c1ccc(-c2nn(C(=O)c3c(Cl)cccc3C(F)(F)F)c3cc(C(=O)N4CCCOC4)cnc23)c(F)c1. The molecule has 0 atom stereocenters. The fraction of sp³-hybridized carbons (Fsp3) is 0.192. The maximum Gasteiger partial charge on any atom is 0.417 e. The summed E-state index contributed by atoms with van der Waals surface area (Å²) in [5, 5.41) is 12.7. The molecule has 1 aliphatic heterocycles. The number of amides is 1. The van der Waals surface area contributed by atoms with E-state index < -0.39 is 45.9 Å². The predicted molar refractivity (Wildman–Crippen MR) is 133 cm³/mol. The molecule has 1 amide bonds. The lowest BCUT2D eigenvalue weighted by Gasteiger charge is -2.26. The van der Waals surface area contributed by atoms with Crippen LogP contribution in [0.15, 0.2) is 48.7 Å². The molecule has 0 spiro atoms. The third-order valence-corrected chi connectivity index (χ3v) is 6.53. The lowest BCUT2D eigenvalue weighted by Crippen LogP contribution is -2.38. The molecule has 2 aromatic carbocycles. The number of carboxylic acid groups (broad SMARTS) is 1. The number of ether oxygens (including phenoxy) is 1. The fourth-order valence-electron chi connectivity index (χ4n) is 4.31. The number of aromatic carboxylic acids is 1. The second-order valence-corrected chi connectivity index (χ2v) is 9.18. The molecule has 14 heteroatoms. The van der Waals surface area contributed by atoms with Crippen LogP contribution in [0.4, 0.5) is 17.6 Å². The highest BCUT2D eigenvalue weighted by Crippen LogP contribution is 2.37. The van der Waals surface area contributed by atoms with Crippen molar-refractivity contribution in [2.45, 2.75) is 12.6 Å².